The van der Waals surface area contributed by atoms with Gasteiger partial charge in [0.1, 0.15) is 11.3 Å². The minimum Gasteiger partial charge on any atom is -0.493 e. The Labute approximate surface area is 164 Å². The summed E-state index contributed by atoms with van der Waals surface area (Å²) in [4.78, 5) is 24.9. The summed E-state index contributed by atoms with van der Waals surface area (Å²) in [5.41, 5.74) is 0.321. The molecule has 0 aliphatic heterocycles. The van der Waals surface area contributed by atoms with Crippen LogP contribution in [0.15, 0.2) is 72.8 Å². The summed E-state index contributed by atoms with van der Waals surface area (Å²) in [5, 5.41) is 0. The van der Waals surface area contributed by atoms with E-state index in [1.165, 1.54) is 0 Å². The lowest BCUT2D eigenvalue weighted by atomic mass is 10.2. The van der Waals surface area contributed by atoms with Crippen molar-refractivity contribution in [2.45, 2.75) is 19.8 Å². The van der Waals surface area contributed by atoms with Gasteiger partial charge in [0, 0.05) is 0 Å². The number of ether oxygens (including phenoxy) is 3. The number of hydrogen-bond acceptors (Lipinski definition) is 5. The van der Waals surface area contributed by atoms with E-state index >= 15 is 0 Å². The summed E-state index contributed by atoms with van der Waals surface area (Å²) in [6, 6.07) is 13.5. The van der Waals surface area contributed by atoms with Gasteiger partial charge in [-0.05, 0) is 30.7 Å². The molecule has 0 saturated heterocycles. The first kappa shape index (κ1) is 19.4. The van der Waals surface area contributed by atoms with Crippen molar-refractivity contribution in [3.63, 3.8) is 0 Å². The average molecular weight is 378 g/mol. The van der Waals surface area contributed by atoms with Crippen LogP contribution in [0.1, 0.15) is 30.1 Å². The summed E-state index contributed by atoms with van der Waals surface area (Å²) < 4.78 is 16.6. The van der Waals surface area contributed by atoms with Gasteiger partial charge in [0.05, 0.1) is 12.5 Å². The number of benzene rings is 2. The number of para-hydroxylation sites is 3. The van der Waals surface area contributed by atoms with Crippen LogP contribution in [0, 0.1) is 5.92 Å². The first-order valence-electron chi connectivity index (χ1n) is 9.28. The maximum atomic E-state index is 12.7. The fraction of sp³-hybridized carbons (Fsp3) is 0.217. The monoisotopic (exact) mass is 378 g/mol. The van der Waals surface area contributed by atoms with Crippen LogP contribution in [-0.4, -0.2) is 18.5 Å². The fourth-order valence-electron chi connectivity index (χ4n) is 2.63. The summed E-state index contributed by atoms with van der Waals surface area (Å²) in [6.07, 6.45) is 8.94. The van der Waals surface area contributed by atoms with Gasteiger partial charge in [-0.3, -0.25) is 4.79 Å². The predicted molar refractivity (Wildman–Crippen MR) is 106 cm³/mol. The lowest BCUT2D eigenvalue weighted by Crippen LogP contribution is -2.17. The second-order valence-electron chi connectivity index (χ2n) is 6.25. The van der Waals surface area contributed by atoms with Crippen molar-refractivity contribution < 1.29 is 23.8 Å². The molecule has 0 amide bonds. The van der Waals surface area contributed by atoms with Gasteiger partial charge in [-0.2, -0.15) is 0 Å². The van der Waals surface area contributed by atoms with Gasteiger partial charge in [-0.25, -0.2) is 4.79 Å². The second kappa shape index (κ2) is 9.55. The number of hydrogen-bond donors (Lipinski definition) is 0. The van der Waals surface area contributed by atoms with Gasteiger partial charge < -0.3 is 14.2 Å². The Bertz CT molecular complexity index is 885. The number of carbonyl (C=O) groups excluding carboxylic acids is 2. The van der Waals surface area contributed by atoms with Crippen molar-refractivity contribution in [3.05, 3.63) is 78.4 Å². The molecule has 0 unspecified atom stereocenters. The Hall–Kier alpha value is -3.34. The maximum absolute atomic E-state index is 12.7. The molecule has 0 spiro atoms. The molecule has 0 fully saturated rings. The summed E-state index contributed by atoms with van der Waals surface area (Å²) in [6.45, 7) is 2.59. The lowest BCUT2D eigenvalue weighted by molar-refractivity contribution is -0.136. The Morgan fingerprint density at radius 3 is 2.14 bits per heavy atom. The Kier molecular flexibility index (Phi) is 6.63. The zero-order valence-corrected chi connectivity index (χ0v) is 15.7. The van der Waals surface area contributed by atoms with E-state index in [0.29, 0.717) is 17.9 Å². The highest BCUT2D eigenvalue weighted by atomic mass is 16.6. The van der Waals surface area contributed by atoms with E-state index in [9.17, 15) is 9.59 Å². The first-order chi connectivity index (χ1) is 13.7. The molecule has 5 heteroatoms. The number of unbranched alkanes of at least 4 members (excludes halogenated alkanes) is 1. The normalized spacial score (nSPS) is 12.8. The van der Waals surface area contributed by atoms with Crippen molar-refractivity contribution in [3.8, 4) is 17.2 Å². The quantitative estimate of drug-likeness (QED) is 0.377. The summed E-state index contributed by atoms with van der Waals surface area (Å²) in [5.74, 6) is -0.602. The van der Waals surface area contributed by atoms with Gasteiger partial charge in [0.25, 0.3) is 0 Å². The van der Waals surface area contributed by atoms with E-state index in [4.69, 9.17) is 14.2 Å². The molecule has 0 saturated carbocycles. The van der Waals surface area contributed by atoms with Crippen molar-refractivity contribution in [1.29, 1.82) is 0 Å². The SMILES string of the molecule is CCCCOc1ccccc1C(=O)Oc1ccccc1OC(=O)C1C=CC=C1. The Balaban J connectivity index is 1.73. The van der Waals surface area contributed by atoms with Crippen molar-refractivity contribution in [1.82, 2.24) is 0 Å². The van der Waals surface area contributed by atoms with Crippen LogP contribution in [0.25, 0.3) is 0 Å². The molecule has 1 aliphatic carbocycles. The van der Waals surface area contributed by atoms with E-state index < -0.39 is 17.9 Å². The standard InChI is InChI=1S/C23H22O5/c1-2-3-16-26-19-13-7-6-12-18(19)23(25)28-21-15-9-8-14-20(21)27-22(24)17-10-4-5-11-17/h4-15,17H,2-3,16H2,1H3. The molecule has 1 aliphatic rings. The molecule has 0 radical (unpaired) electrons. The molecule has 5 nitrogen and oxygen atoms in total. The van der Waals surface area contributed by atoms with E-state index in [-0.39, 0.29) is 11.5 Å². The molecule has 0 bridgehead atoms. The summed E-state index contributed by atoms with van der Waals surface area (Å²) in [7, 11) is 0. The van der Waals surface area contributed by atoms with E-state index in [2.05, 4.69) is 6.92 Å². The van der Waals surface area contributed by atoms with Crippen LogP contribution in [0.3, 0.4) is 0 Å². The highest BCUT2D eigenvalue weighted by molar-refractivity contribution is 5.94. The largest absolute Gasteiger partial charge is 0.493 e. The molecular formula is C23H22O5. The van der Waals surface area contributed by atoms with Crippen molar-refractivity contribution >= 4 is 11.9 Å². The van der Waals surface area contributed by atoms with E-state index in [1.807, 2.05) is 0 Å². The fourth-order valence-corrected chi connectivity index (χ4v) is 2.63. The zero-order valence-electron chi connectivity index (χ0n) is 15.7. The third kappa shape index (κ3) is 4.88. The molecule has 0 N–H and O–H groups in total. The molecule has 0 atom stereocenters. The second-order valence-corrected chi connectivity index (χ2v) is 6.25. The summed E-state index contributed by atoms with van der Waals surface area (Å²) >= 11 is 0. The smallest absolute Gasteiger partial charge is 0.347 e. The maximum Gasteiger partial charge on any atom is 0.347 e. The zero-order chi connectivity index (χ0) is 19.8. The van der Waals surface area contributed by atoms with Gasteiger partial charge in [-0.1, -0.05) is 61.9 Å². The molecule has 0 aromatic heterocycles. The number of esters is 2. The van der Waals surface area contributed by atoms with Crippen LogP contribution < -0.4 is 14.2 Å². The highest BCUT2D eigenvalue weighted by Gasteiger charge is 2.21. The Morgan fingerprint density at radius 1 is 0.857 bits per heavy atom. The van der Waals surface area contributed by atoms with Gasteiger partial charge in [-0.15, -0.1) is 0 Å². The van der Waals surface area contributed by atoms with Crippen molar-refractivity contribution in [2.75, 3.05) is 6.61 Å². The van der Waals surface area contributed by atoms with Crippen LogP contribution in [0.2, 0.25) is 0 Å². The number of carbonyl (C=O) groups is 2. The van der Waals surface area contributed by atoms with Crippen LogP contribution >= 0.6 is 0 Å². The minimum atomic E-state index is -0.573. The molecule has 144 valence electrons. The van der Waals surface area contributed by atoms with Gasteiger partial charge in [0.2, 0.25) is 0 Å². The topological polar surface area (TPSA) is 61.8 Å². The molecule has 28 heavy (non-hydrogen) atoms. The number of rotatable bonds is 8. The average Bonchev–Trinajstić information content (AvgIpc) is 3.25. The van der Waals surface area contributed by atoms with Gasteiger partial charge >= 0.3 is 11.9 Å². The third-order valence-corrected chi connectivity index (χ3v) is 4.14. The van der Waals surface area contributed by atoms with E-state index in [0.717, 1.165) is 12.8 Å². The van der Waals surface area contributed by atoms with Crippen LogP contribution in [0.5, 0.6) is 17.2 Å². The van der Waals surface area contributed by atoms with Crippen LogP contribution in [0.4, 0.5) is 0 Å². The molecule has 3 rings (SSSR count). The lowest BCUT2D eigenvalue weighted by Gasteiger charge is -2.13. The molecule has 0 heterocycles. The van der Waals surface area contributed by atoms with Gasteiger partial charge in [0.15, 0.2) is 11.5 Å². The predicted octanol–water partition coefficient (Wildman–Crippen LogP) is 4.73. The first-order valence-corrected chi connectivity index (χ1v) is 9.28. The minimum absolute atomic E-state index is 0.176. The van der Waals surface area contributed by atoms with Crippen LogP contribution in [-0.2, 0) is 4.79 Å². The molecule has 2 aromatic carbocycles. The third-order valence-electron chi connectivity index (χ3n) is 4.14. The Morgan fingerprint density at radius 2 is 1.46 bits per heavy atom. The van der Waals surface area contributed by atoms with E-state index in [1.54, 1.807) is 72.8 Å². The van der Waals surface area contributed by atoms with Crippen molar-refractivity contribution in [2.24, 2.45) is 5.92 Å². The molecular weight excluding hydrogens is 356 g/mol. The highest BCUT2D eigenvalue weighted by Crippen LogP contribution is 2.30. The molecule has 2 aromatic rings. The number of allylic oxidation sites excluding steroid dienone is 2.